The van der Waals surface area contributed by atoms with E-state index in [0.29, 0.717) is 9.88 Å². The molecule has 0 saturated carbocycles. The van der Waals surface area contributed by atoms with E-state index in [2.05, 4.69) is 17.3 Å². The van der Waals surface area contributed by atoms with Gasteiger partial charge in [-0.3, -0.25) is 9.59 Å². The van der Waals surface area contributed by atoms with E-state index in [1.54, 1.807) is 24.3 Å². The van der Waals surface area contributed by atoms with E-state index in [4.69, 9.17) is 4.42 Å². The van der Waals surface area contributed by atoms with E-state index in [1.807, 2.05) is 4.90 Å². The number of anilines is 1. The van der Waals surface area contributed by atoms with E-state index < -0.39 is 0 Å². The smallest absolute Gasteiger partial charge is 0.291 e. The first-order chi connectivity index (χ1) is 11.1. The van der Waals surface area contributed by atoms with Gasteiger partial charge in [-0.05, 0) is 44.3 Å². The zero-order chi connectivity index (χ0) is 16.2. The Labute approximate surface area is 138 Å². The van der Waals surface area contributed by atoms with Gasteiger partial charge in [0.1, 0.15) is 0 Å². The van der Waals surface area contributed by atoms with Crippen LogP contribution >= 0.6 is 11.3 Å². The number of thiophene rings is 1. The fourth-order valence-electron chi connectivity index (χ4n) is 2.51. The van der Waals surface area contributed by atoms with Gasteiger partial charge in [-0.25, -0.2) is 0 Å². The largest absolute Gasteiger partial charge is 0.459 e. The van der Waals surface area contributed by atoms with Gasteiger partial charge in [0.05, 0.1) is 16.1 Å². The van der Waals surface area contributed by atoms with Gasteiger partial charge in [0, 0.05) is 19.6 Å². The molecule has 122 valence electrons. The fourth-order valence-corrected chi connectivity index (χ4v) is 3.38. The van der Waals surface area contributed by atoms with Crippen LogP contribution in [-0.2, 0) is 0 Å². The van der Waals surface area contributed by atoms with Gasteiger partial charge in [-0.2, -0.15) is 0 Å². The lowest BCUT2D eigenvalue weighted by Gasteiger charge is -2.19. The summed E-state index contributed by atoms with van der Waals surface area (Å²) < 4.78 is 5.05. The van der Waals surface area contributed by atoms with Crippen LogP contribution in [0.2, 0.25) is 0 Å². The molecule has 0 radical (unpaired) electrons. The van der Waals surface area contributed by atoms with Crippen LogP contribution in [-0.4, -0.2) is 54.8 Å². The van der Waals surface area contributed by atoms with E-state index in [-0.39, 0.29) is 17.6 Å². The van der Waals surface area contributed by atoms with Gasteiger partial charge < -0.3 is 19.5 Å². The molecule has 1 fully saturated rings. The molecule has 1 aliphatic heterocycles. The van der Waals surface area contributed by atoms with Crippen LogP contribution in [0.4, 0.5) is 5.00 Å². The molecule has 0 bridgehead atoms. The Morgan fingerprint density at radius 3 is 2.83 bits per heavy atom. The highest BCUT2D eigenvalue weighted by molar-refractivity contribution is 7.18. The molecule has 6 nitrogen and oxygen atoms in total. The maximum atomic E-state index is 12.6. The standard InChI is InChI=1S/C16H19N3O3S/c1-18-7-3-8-19(10-9-18)16(21)13-5-6-14(23-13)17-15(20)12-4-2-11-22-12/h2,4-6,11H,3,7-10H2,1H3,(H,17,20). The van der Waals surface area contributed by atoms with E-state index in [0.717, 1.165) is 32.6 Å². The number of likely N-dealkylation sites (N-methyl/N-ethyl adjacent to an activating group) is 1. The number of nitrogens with zero attached hydrogens (tertiary/aromatic N) is 2. The Kier molecular flexibility index (Phi) is 4.78. The summed E-state index contributed by atoms with van der Waals surface area (Å²) in [5, 5.41) is 3.39. The average molecular weight is 333 g/mol. The average Bonchev–Trinajstić information content (AvgIpc) is 3.17. The molecular formula is C16H19N3O3S. The van der Waals surface area contributed by atoms with Gasteiger partial charge in [-0.1, -0.05) is 0 Å². The molecule has 0 spiro atoms. The van der Waals surface area contributed by atoms with Crippen molar-refractivity contribution >= 4 is 28.2 Å². The molecule has 1 saturated heterocycles. The number of nitrogens with one attached hydrogen (secondary N) is 1. The van der Waals surface area contributed by atoms with Gasteiger partial charge in [0.25, 0.3) is 11.8 Å². The molecule has 3 rings (SSSR count). The molecule has 2 amide bonds. The third kappa shape index (κ3) is 3.80. The molecule has 1 N–H and O–H groups in total. The molecule has 0 aromatic carbocycles. The van der Waals surface area contributed by atoms with Crippen molar-refractivity contribution < 1.29 is 14.0 Å². The topological polar surface area (TPSA) is 65.8 Å². The summed E-state index contributed by atoms with van der Waals surface area (Å²) in [7, 11) is 2.07. The van der Waals surface area contributed by atoms with Crippen LogP contribution in [0.1, 0.15) is 26.6 Å². The third-order valence-electron chi connectivity index (χ3n) is 3.81. The Morgan fingerprint density at radius 2 is 2.04 bits per heavy atom. The Hall–Kier alpha value is -2.12. The second-order valence-electron chi connectivity index (χ2n) is 5.54. The van der Waals surface area contributed by atoms with Gasteiger partial charge in [0.2, 0.25) is 0 Å². The van der Waals surface area contributed by atoms with Crippen LogP contribution in [0.3, 0.4) is 0 Å². The summed E-state index contributed by atoms with van der Waals surface area (Å²) >= 11 is 1.29. The zero-order valence-electron chi connectivity index (χ0n) is 12.9. The summed E-state index contributed by atoms with van der Waals surface area (Å²) in [5.74, 6) is -0.0297. The van der Waals surface area contributed by atoms with E-state index in [1.165, 1.54) is 17.6 Å². The van der Waals surface area contributed by atoms with Crippen LogP contribution in [0.15, 0.2) is 34.9 Å². The van der Waals surface area contributed by atoms with Crippen molar-refractivity contribution in [3.05, 3.63) is 41.2 Å². The maximum Gasteiger partial charge on any atom is 0.291 e. The lowest BCUT2D eigenvalue weighted by atomic mass is 10.3. The van der Waals surface area contributed by atoms with Crippen LogP contribution < -0.4 is 5.32 Å². The summed E-state index contributed by atoms with van der Waals surface area (Å²) in [6.07, 6.45) is 2.43. The van der Waals surface area contributed by atoms with Crippen molar-refractivity contribution in [2.45, 2.75) is 6.42 Å². The minimum absolute atomic E-state index is 0.0313. The van der Waals surface area contributed by atoms with Crippen molar-refractivity contribution in [2.24, 2.45) is 0 Å². The highest BCUT2D eigenvalue weighted by Gasteiger charge is 2.21. The molecule has 2 aromatic rings. The zero-order valence-corrected chi connectivity index (χ0v) is 13.8. The number of rotatable bonds is 3. The van der Waals surface area contributed by atoms with Gasteiger partial charge in [-0.15, -0.1) is 11.3 Å². The van der Waals surface area contributed by atoms with Crippen molar-refractivity contribution in [3.63, 3.8) is 0 Å². The molecule has 2 aromatic heterocycles. The fraction of sp³-hybridized carbons (Fsp3) is 0.375. The van der Waals surface area contributed by atoms with Crippen LogP contribution in [0.5, 0.6) is 0 Å². The third-order valence-corrected chi connectivity index (χ3v) is 4.79. The summed E-state index contributed by atoms with van der Waals surface area (Å²) in [6, 6.07) is 6.78. The first kappa shape index (κ1) is 15.8. The van der Waals surface area contributed by atoms with E-state index in [9.17, 15) is 9.59 Å². The van der Waals surface area contributed by atoms with Gasteiger partial charge >= 0.3 is 0 Å². The minimum Gasteiger partial charge on any atom is -0.459 e. The van der Waals surface area contributed by atoms with Gasteiger partial charge in [0.15, 0.2) is 5.76 Å². The number of amides is 2. The monoisotopic (exact) mass is 333 g/mol. The number of hydrogen-bond acceptors (Lipinski definition) is 5. The molecule has 0 atom stereocenters. The van der Waals surface area contributed by atoms with Crippen molar-refractivity contribution in [1.82, 2.24) is 9.80 Å². The number of carbonyl (C=O) groups is 2. The first-order valence-corrected chi connectivity index (χ1v) is 8.37. The van der Waals surface area contributed by atoms with Crippen LogP contribution in [0, 0.1) is 0 Å². The molecule has 1 aliphatic rings. The van der Waals surface area contributed by atoms with E-state index >= 15 is 0 Å². The maximum absolute atomic E-state index is 12.6. The normalized spacial score (nSPS) is 16.1. The number of hydrogen-bond donors (Lipinski definition) is 1. The molecule has 3 heterocycles. The quantitative estimate of drug-likeness (QED) is 0.936. The summed E-state index contributed by atoms with van der Waals surface area (Å²) in [5.41, 5.74) is 0. The SMILES string of the molecule is CN1CCCN(C(=O)c2ccc(NC(=O)c3ccco3)s2)CC1. The predicted octanol–water partition coefficient (Wildman–Crippen LogP) is 2.37. The van der Waals surface area contributed by atoms with Crippen LogP contribution in [0.25, 0.3) is 0 Å². The van der Waals surface area contributed by atoms with Crippen molar-refractivity contribution in [1.29, 1.82) is 0 Å². The highest BCUT2D eigenvalue weighted by Crippen LogP contribution is 2.24. The predicted molar refractivity (Wildman–Crippen MR) is 89.0 cm³/mol. The minimum atomic E-state index is -0.313. The lowest BCUT2D eigenvalue weighted by molar-refractivity contribution is 0.0767. The number of carbonyl (C=O) groups excluding carboxylic acids is 2. The second kappa shape index (κ2) is 6.97. The lowest BCUT2D eigenvalue weighted by Crippen LogP contribution is -2.34. The second-order valence-corrected chi connectivity index (χ2v) is 6.63. The van der Waals surface area contributed by atoms with Crippen molar-refractivity contribution in [2.75, 3.05) is 38.5 Å². The summed E-state index contributed by atoms with van der Waals surface area (Å²) in [4.78, 5) is 29.3. The van der Waals surface area contributed by atoms with Crippen molar-refractivity contribution in [3.8, 4) is 0 Å². The number of furan rings is 1. The highest BCUT2D eigenvalue weighted by atomic mass is 32.1. The summed E-state index contributed by atoms with van der Waals surface area (Å²) in [6.45, 7) is 3.41. The Balaban J connectivity index is 1.64. The molecule has 23 heavy (non-hydrogen) atoms. The Morgan fingerprint density at radius 1 is 1.17 bits per heavy atom. The molecule has 0 aliphatic carbocycles. The molecule has 0 unspecified atom stereocenters. The molecule has 7 heteroatoms. The molecular weight excluding hydrogens is 314 g/mol. The Bertz CT molecular complexity index is 681. The first-order valence-electron chi connectivity index (χ1n) is 7.56.